The summed E-state index contributed by atoms with van der Waals surface area (Å²) in [4.78, 5) is 0. The fraction of sp³-hybridized carbons (Fsp3) is 0.143. The topological polar surface area (TPSA) is 46.2 Å². The number of aliphatic hydroxyl groups is 1. The van der Waals surface area contributed by atoms with Gasteiger partial charge >= 0.3 is 0 Å². The Hall–Kier alpha value is -1.07. The van der Waals surface area contributed by atoms with Gasteiger partial charge in [0.15, 0.2) is 0 Å². The van der Waals surface area contributed by atoms with Crippen molar-refractivity contribution in [2.24, 2.45) is 0 Å². The van der Waals surface area contributed by atoms with Crippen LogP contribution in [0, 0.1) is 3.57 Å². The van der Waals surface area contributed by atoms with E-state index in [-0.39, 0.29) is 6.61 Å². The van der Waals surface area contributed by atoms with E-state index in [9.17, 15) is 0 Å². The molecule has 2 aromatic carbocycles. The van der Waals surface area contributed by atoms with Crippen LogP contribution in [0.15, 0.2) is 42.5 Å². The molecule has 0 saturated heterocycles. The number of rotatable bonds is 3. The Morgan fingerprint density at radius 1 is 1.06 bits per heavy atom. The minimum absolute atomic E-state index is 0.125. The van der Waals surface area contributed by atoms with Crippen LogP contribution in [0.3, 0.4) is 0 Å². The monoisotopic (exact) mass is 339 g/mol. The van der Waals surface area contributed by atoms with Gasteiger partial charge in [-0.1, -0.05) is 30.3 Å². The summed E-state index contributed by atoms with van der Waals surface area (Å²) in [5.41, 5.74) is 10.0. The van der Waals surface area contributed by atoms with Crippen molar-refractivity contribution in [3.8, 4) is 11.1 Å². The van der Waals surface area contributed by atoms with E-state index in [1.165, 1.54) is 3.57 Å². The first kappa shape index (κ1) is 12.4. The molecule has 0 radical (unpaired) electrons. The van der Waals surface area contributed by atoms with E-state index >= 15 is 0 Å². The second kappa shape index (κ2) is 5.51. The Balaban J connectivity index is 2.45. The summed E-state index contributed by atoms with van der Waals surface area (Å²) >= 11 is 2.28. The molecular formula is C14H14INO. The molecule has 2 aromatic rings. The molecule has 0 fully saturated rings. The van der Waals surface area contributed by atoms with Crippen molar-refractivity contribution >= 4 is 28.3 Å². The van der Waals surface area contributed by atoms with Crippen molar-refractivity contribution in [2.45, 2.75) is 6.42 Å². The quantitative estimate of drug-likeness (QED) is 0.667. The molecule has 0 bridgehead atoms. The summed E-state index contributed by atoms with van der Waals surface area (Å²) in [5, 5.41) is 8.99. The van der Waals surface area contributed by atoms with E-state index in [2.05, 4.69) is 46.9 Å². The maximum Gasteiger partial charge on any atom is 0.0472 e. The number of aliphatic hydroxyl groups excluding tert-OH is 1. The normalized spacial score (nSPS) is 10.5. The molecule has 3 heteroatoms. The molecule has 0 saturated carbocycles. The average Bonchev–Trinajstić information content (AvgIpc) is 2.34. The zero-order chi connectivity index (χ0) is 12.3. The predicted octanol–water partition coefficient (Wildman–Crippen LogP) is 3.08. The van der Waals surface area contributed by atoms with Crippen LogP contribution in [0.5, 0.6) is 0 Å². The van der Waals surface area contributed by atoms with Crippen LogP contribution in [0.2, 0.25) is 0 Å². The fourth-order valence-corrected chi connectivity index (χ4v) is 2.19. The third-order valence-electron chi connectivity index (χ3n) is 2.73. The van der Waals surface area contributed by atoms with Crippen LogP contribution in [-0.4, -0.2) is 11.7 Å². The molecule has 2 rings (SSSR count). The van der Waals surface area contributed by atoms with Gasteiger partial charge < -0.3 is 10.8 Å². The first-order valence-electron chi connectivity index (χ1n) is 5.46. The highest BCUT2D eigenvalue weighted by Crippen LogP contribution is 2.29. The van der Waals surface area contributed by atoms with E-state index in [0.717, 1.165) is 22.4 Å². The van der Waals surface area contributed by atoms with Gasteiger partial charge in [-0.2, -0.15) is 0 Å². The van der Waals surface area contributed by atoms with E-state index in [1.54, 1.807) is 0 Å². The maximum atomic E-state index is 8.99. The van der Waals surface area contributed by atoms with Crippen LogP contribution >= 0.6 is 22.6 Å². The van der Waals surface area contributed by atoms with Crippen molar-refractivity contribution < 1.29 is 5.11 Å². The average molecular weight is 339 g/mol. The SMILES string of the molecule is Nc1c(CCO)cccc1-c1ccc(I)cc1. The lowest BCUT2D eigenvalue weighted by molar-refractivity contribution is 0.300. The zero-order valence-corrected chi connectivity index (χ0v) is 11.5. The number of para-hydroxylation sites is 1. The second-order valence-corrected chi connectivity index (χ2v) is 5.10. The lowest BCUT2D eigenvalue weighted by Crippen LogP contribution is -1.99. The summed E-state index contributed by atoms with van der Waals surface area (Å²) in [5.74, 6) is 0. The third-order valence-corrected chi connectivity index (χ3v) is 3.45. The minimum atomic E-state index is 0.125. The Kier molecular flexibility index (Phi) is 4.02. The maximum absolute atomic E-state index is 8.99. The number of nitrogen functional groups attached to an aromatic ring is 1. The molecule has 0 aromatic heterocycles. The van der Waals surface area contributed by atoms with Gasteiger partial charge in [0.2, 0.25) is 0 Å². The van der Waals surface area contributed by atoms with Gasteiger partial charge in [-0.25, -0.2) is 0 Å². The fourth-order valence-electron chi connectivity index (χ4n) is 1.83. The molecule has 3 N–H and O–H groups in total. The largest absolute Gasteiger partial charge is 0.398 e. The van der Waals surface area contributed by atoms with Crippen LogP contribution in [0.1, 0.15) is 5.56 Å². The Labute approximate surface area is 115 Å². The Morgan fingerprint density at radius 2 is 1.76 bits per heavy atom. The van der Waals surface area contributed by atoms with Gasteiger partial charge in [-0.3, -0.25) is 0 Å². The van der Waals surface area contributed by atoms with E-state index < -0.39 is 0 Å². The standard InChI is InChI=1S/C14H14INO/c15-12-6-4-10(5-7-12)13-3-1-2-11(8-9-17)14(13)16/h1-7,17H,8-9,16H2. The van der Waals surface area contributed by atoms with Crippen LogP contribution in [-0.2, 0) is 6.42 Å². The number of hydrogen-bond acceptors (Lipinski definition) is 2. The number of anilines is 1. The minimum Gasteiger partial charge on any atom is -0.398 e. The molecule has 88 valence electrons. The van der Waals surface area contributed by atoms with E-state index in [0.29, 0.717) is 6.42 Å². The Bertz CT molecular complexity index is 508. The van der Waals surface area contributed by atoms with Crippen molar-refractivity contribution in [2.75, 3.05) is 12.3 Å². The van der Waals surface area contributed by atoms with E-state index in [4.69, 9.17) is 10.8 Å². The van der Waals surface area contributed by atoms with Crippen LogP contribution < -0.4 is 5.73 Å². The molecule has 0 atom stereocenters. The molecule has 0 aliphatic heterocycles. The highest BCUT2D eigenvalue weighted by molar-refractivity contribution is 14.1. The third kappa shape index (κ3) is 2.79. The van der Waals surface area contributed by atoms with Gasteiger partial charge in [0.05, 0.1) is 0 Å². The molecule has 0 aliphatic rings. The molecule has 0 unspecified atom stereocenters. The summed E-state index contributed by atoms with van der Waals surface area (Å²) in [6, 6.07) is 14.2. The first-order chi connectivity index (χ1) is 8.22. The van der Waals surface area contributed by atoms with Crippen LogP contribution in [0.25, 0.3) is 11.1 Å². The van der Waals surface area contributed by atoms with Gasteiger partial charge in [-0.05, 0) is 52.3 Å². The molecule has 0 heterocycles. The number of hydrogen-bond donors (Lipinski definition) is 2. The Morgan fingerprint density at radius 3 is 2.41 bits per heavy atom. The molecule has 17 heavy (non-hydrogen) atoms. The molecular weight excluding hydrogens is 325 g/mol. The van der Waals surface area contributed by atoms with Crippen molar-refractivity contribution in [1.29, 1.82) is 0 Å². The number of halogens is 1. The zero-order valence-electron chi connectivity index (χ0n) is 9.36. The highest BCUT2D eigenvalue weighted by atomic mass is 127. The lowest BCUT2D eigenvalue weighted by Gasteiger charge is -2.10. The summed E-state index contributed by atoms with van der Waals surface area (Å²) in [6.45, 7) is 0.125. The van der Waals surface area contributed by atoms with Gasteiger partial charge in [0, 0.05) is 21.4 Å². The van der Waals surface area contributed by atoms with Crippen LogP contribution in [0.4, 0.5) is 5.69 Å². The molecule has 0 spiro atoms. The summed E-state index contributed by atoms with van der Waals surface area (Å²) in [6.07, 6.45) is 0.601. The molecule has 2 nitrogen and oxygen atoms in total. The van der Waals surface area contributed by atoms with Crippen molar-refractivity contribution in [3.63, 3.8) is 0 Å². The smallest absolute Gasteiger partial charge is 0.0472 e. The predicted molar refractivity (Wildman–Crippen MR) is 79.8 cm³/mol. The molecule has 0 amide bonds. The van der Waals surface area contributed by atoms with E-state index in [1.807, 2.05) is 18.2 Å². The van der Waals surface area contributed by atoms with Gasteiger partial charge in [0.25, 0.3) is 0 Å². The number of benzene rings is 2. The van der Waals surface area contributed by atoms with Crippen molar-refractivity contribution in [3.05, 3.63) is 51.6 Å². The second-order valence-electron chi connectivity index (χ2n) is 3.86. The highest BCUT2D eigenvalue weighted by Gasteiger charge is 2.06. The van der Waals surface area contributed by atoms with Gasteiger partial charge in [0.1, 0.15) is 0 Å². The first-order valence-corrected chi connectivity index (χ1v) is 6.54. The number of nitrogens with two attached hydrogens (primary N) is 1. The summed E-state index contributed by atoms with van der Waals surface area (Å²) < 4.78 is 1.21. The summed E-state index contributed by atoms with van der Waals surface area (Å²) in [7, 11) is 0. The van der Waals surface area contributed by atoms with Crippen molar-refractivity contribution in [1.82, 2.24) is 0 Å². The molecule has 0 aliphatic carbocycles. The van der Waals surface area contributed by atoms with Gasteiger partial charge in [-0.15, -0.1) is 0 Å². The lowest BCUT2D eigenvalue weighted by atomic mass is 9.99.